The molecule has 31 heavy (non-hydrogen) atoms. The van der Waals surface area contributed by atoms with Crippen molar-refractivity contribution in [2.45, 2.75) is 119 Å². The molecule has 4 heteroatoms. The summed E-state index contributed by atoms with van der Waals surface area (Å²) in [5, 5.41) is 0. The average molecular weight is 433 g/mol. The lowest BCUT2D eigenvalue weighted by Gasteiger charge is -2.35. The molecule has 0 atom stereocenters. The number of ether oxygens (including phenoxy) is 2. The molecule has 0 heterocycles. The van der Waals surface area contributed by atoms with Crippen LogP contribution >= 0.6 is 0 Å². The van der Waals surface area contributed by atoms with E-state index >= 15 is 0 Å². The minimum atomic E-state index is -1.27. The Morgan fingerprint density at radius 1 is 0.774 bits per heavy atom. The summed E-state index contributed by atoms with van der Waals surface area (Å²) in [5.41, 5.74) is 2.45. The Kier molecular flexibility index (Phi) is 9.34. The fourth-order valence-corrected chi connectivity index (χ4v) is 4.02. The minimum absolute atomic E-state index is 0.420. The molecule has 4 nitrogen and oxygen atoms in total. The first-order chi connectivity index (χ1) is 14.1. The number of unbranched alkanes of at least 4 members (excludes halogenated alkanes) is 1. The van der Waals surface area contributed by atoms with Gasteiger partial charge in [-0.2, -0.15) is 0 Å². The van der Waals surface area contributed by atoms with Crippen LogP contribution in [0.25, 0.3) is 0 Å². The summed E-state index contributed by atoms with van der Waals surface area (Å²) in [5.74, 6) is -0.917. The third kappa shape index (κ3) is 8.31. The van der Waals surface area contributed by atoms with Gasteiger partial charge in [0.25, 0.3) is 0 Å². The molecule has 0 N–H and O–H groups in total. The molecule has 0 aliphatic rings. The number of carbonyl (C=O) groups is 2. The third-order valence-electron chi connectivity index (χ3n) is 5.41. The molecular weight excluding hydrogens is 388 g/mol. The molecule has 0 spiro atoms. The van der Waals surface area contributed by atoms with Gasteiger partial charge in [-0.25, -0.2) is 0 Å². The molecule has 176 valence electrons. The van der Waals surface area contributed by atoms with Crippen LogP contribution in [0, 0.1) is 26.2 Å². The summed E-state index contributed by atoms with van der Waals surface area (Å²) >= 11 is 0. The van der Waals surface area contributed by atoms with Crippen LogP contribution in [0.1, 0.15) is 103 Å². The Labute approximate surface area is 190 Å². The SMILES string of the molecule is CCCCC(CCCc1c(C)cc(C)cc1C)(C(=O)OC(C)(C)C)C(=O)OC(C)(C)C. The van der Waals surface area contributed by atoms with Crippen LogP contribution in [0.3, 0.4) is 0 Å². The highest BCUT2D eigenvalue weighted by atomic mass is 16.6. The van der Waals surface area contributed by atoms with Gasteiger partial charge < -0.3 is 9.47 Å². The molecule has 0 fully saturated rings. The first-order valence-corrected chi connectivity index (χ1v) is 11.6. The van der Waals surface area contributed by atoms with E-state index in [4.69, 9.17) is 9.47 Å². The number of aryl methyl sites for hydroxylation is 3. The van der Waals surface area contributed by atoms with Crippen molar-refractivity contribution in [1.82, 2.24) is 0 Å². The van der Waals surface area contributed by atoms with Crippen molar-refractivity contribution in [3.05, 3.63) is 34.4 Å². The normalized spacial score (nSPS) is 12.6. The van der Waals surface area contributed by atoms with Gasteiger partial charge >= 0.3 is 11.9 Å². The number of hydrogen-bond donors (Lipinski definition) is 0. The highest BCUT2D eigenvalue weighted by Crippen LogP contribution is 2.37. The first-order valence-electron chi connectivity index (χ1n) is 11.6. The molecule has 0 aromatic heterocycles. The van der Waals surface area contributed by atoms with Gasteiger partial charge in [-0.05, 0) is 105 Å². The highest BCUT2D eigenvalue weighted by molar-refractivity contribution is 6.00. The fourth-order valence-electron chi connectivity index (χ4n) is 4.02. The number of benzene rings is 1. The molecule has 0 saturated heterocycles. The fraction of sp³-hybridized carbons (Fsp3) is 0.704. The molecule has 0 bridgehead atoms. The van der Waals surface area contributed by atoms with E-state index in [0.29, 0.717) is 19.3 Å². The van der Waals surface area contributed by atoms with E-state index in [0.717, 1.165) is 19.3 Å². The molecule has 1 aromatic rings. The summed E-state index contributed by atoms with van der Waals surface area (Å²) in [7, 11) is 0. The number of carbonyl (C=O) groups excluding carboxylic acids is 2. The van der Waals surface area contributed by atoms with Crippen LogP contribution in [0.2, 0.25) is 0 Å². The highest BCUT2D eigenvalue weighted by Gasteiger charge is 2.50. The van der Waals surface area contributed by atoms with Gasteiger partial charge in [0.05, 0.1) is 0 Å². The molecule has 0 aliphatic carbocycles. The number of hydrogen-bond acceptors (Lipinski definition) is 4. The molecule has 0 aliphatic heterocycles. The third-order valence-corrected chi connectivity index (χ3v) is 5.41. The summed E-state index contributed by atoms with van der Waals surface area (Å²) in [4.78, 5) is 26.8. The zero-order chi connectivity index (χ0) is 24.0. The van der Waals surface area contributed by atoms with Crippen molar-refractivity contribution < 1.29 is 19.1 Å². The summed E-state index contributed by atoms with van der Waals surface area (Å²) in [6, 6.07) is 4.38. The second-order valence-electron chi connectivity index (χ2n) is 10.9. The predicted molar refractivity (Wildman–Crippen MR) is 127 cm³/mol. The van der Waals surface area contributed by atoms with Gasteiger partial charge in [-0.15, -0.1) is 0 Å². The zero-order valence-electron chi connectivity index (χ0n) is 21.5. The van der Waals surface area contributed by atoms with Crippen LogP contribution < -0.4 is 0 Å². The summed E-state index contributed by atoms with van der Waals surface area (Å²) in [6.07, 6.45) is 4.05. The molecule has 0 radical (unpaired) electrons. The quantitative estimate of drug-likeness (QED) is 0.318. The second-order valence-corrected chi connectivity index (χ2v) is 10.9. The van der Waals surface area contributed by atoms with E-state index in [1.54, 1.807) is 0 Å². The van der Waals surface area contributed by atoms with E-state index < -0.39 is 28.6 Å². The maximum Gasteiger partial charge on any atom is 0.324 e. The monoisotopic (exact) mass is 432 g/mol. The van der Waals surface area contributed by atoms with Gasteiger partial charge in [-0.3, -0.25) is 9.59 Å². The number of esters is 2. The maximum atomic E-state index is 13.4. The smallest absolute Gasteiger partial charge is 0.324 e. The Morgan fingerprint density at radius 3 is 1.58 bits per heavy atom. The average Bonchev–Trinajstić information content (AvgIpc) is 2.56. The Balaban J connectivity index is 3.25. The topological polar surface area (TPSA) is 52.6 Å². The van der Waals surface area contributed by atoms with Gasteiger partial charge in [0.15, 0.2) is 5.41 Å². The van der Waals surface area contributed by atoms with Crippen molar-refractivity contribution >= 4 is 11.9 Å². The van der Waals surface area contributed by atoms with Crippen molar-refractivity contribution in [3.63, 3.8) is 0 Å². The van der Waals surface area contributed by atoms with E-state index in [9.17, 15) is 9.59 Å². The standard InChI is InChI=1S/C27H44O4/c1-11-12-15-27(23(28)30-25(5,6)7,24(29)31-26(8,9)10)16-13-14-22-20(3)17-19(2)18-21(22)4/h17-18H,11-16H2,1-10H3. The van der Waals surface area contributed by atoms with E-state index in [1.807, 2.05) is 41.5 Å². The van der Waals surface area contributed by atoms with Crippen molar-refractivity contribution in [2.24, 2.45) is 5.41 Å². The van der Waals surface area contributed by atoms with Gasteiger partial charge in [0, 0.05) is 0 Å². The van der Waals surface area contributed by atoms with Gasteiger partial charge in [0.1, 0.15) is 11.2 Å². The van der Waals surface area contributed by atoms with Crippen molar-refractivity contribution in [3.8, 4) is 0 Å². The largest absolute Gasteiger partial charge is 0.459 e. The van der Waals surface area contributed by atoms with Gasteiger partial charge in [-0.1, -0.05) is 37.5 Å². The van der Waals surface area contributed by atoms with Crippen LogP contribution in [0.4, 0.5) is 0 Å². The molecular formula is C27H44O4. The lowest BCUT2D eigenvalue weighted by Crippen LogP contribution is -2.47. The first kappa shape index (κ1) is 27.2. The minimum Gasteiger partial charge on any atom is -0.459 e. The molecule has 1 aromatic carbocycles. The Bertz CT molecular complexity index is 711. The number of rotatable bonds is 9. The second kappa shape index (κ2) is 10.7. The van der Waals surface area contributed by atoms with E-state index in [-0.39, 0.29) is 0 Å². The molecule has 1 rings (SSSR count). The van der Waals surface area contributed by atoms with Gasteiger partial charge in [0.2, 0.25) is 0 Å². The Morgan fingerprint density at radius 2 is 1.19 bits per heavy atom. The van der Waals surface area contributed by atoms with Crippen molar-refractivity contribution in [1.29, 1.82) is 0 Å². The van der Waals surface area contributed by atoms with E-state index in [2.05, 4.69) is 39.8 Å². The summed E-state index contributed by atoms with van der Waals surface area (Å²) in [6.45, 7) is 19.4. The van der Waals surface area contributed by atoms with Crippen LogP contribution in [0.5, 0.6) is 0 Å². The lowest BCUT2D eigenvalue weighted by molar-refractivity contribution is -0.187. The van der Waals surface area contributed by atoms with Crippen LogP contribution in [-0.4, -0.2) is 23.1 Å². The summed E-state index contributed by atoms with van der Waals surface area (Å²) < 4.78 is 11.5. The molecule has 0 unspecified atom stereocenters. The zero-order valence-corrected chi connectivity index (χ0v) is 21.5. The van der Waals surface area contributed by atoms with Crippen LogP contribution in [-0.2, 0) is 25.5 Å². The van der Waals surface area contributed by atoms with Crippen molar-refractivity contribution in [2.75, 3.05) is 0 Å². The van der Waals surface area contributed by atoms with Crippen LogP contribution in [0.15, 0.2) is 12.1 Å². The predicted octanol–water partition coefficient (Wildman–Crippen LogP) is 6.79. The Hall–Kier alpha value is -1.84. The molecule has 0 amide bonds. The molecule has 0 saturated carbocycles. The maximum absolute atomic E-state index is 13.4. The lowest BCUT2D eigenvalue weighted by atomic mass is 9.77. The van der Waals surface area contributed by atoms with E-state index in [1.165, 1.54) is 22.3 Å².